The molecule has 0 aliphatic heterocycles. The topological polar surface area (TPSA) is 29.1 Å². The largest absolute Gasteiger partial charge is 0.349 e. The summed E-state index contributed by atoms with van der Waals surface area (Å²) in [6.07, 6.45) is 0. The van der Waals surface area contributed by atoms with Gasteiger partial charge in [0, 0.05) is 17.1 Å². The maximum atomic E-state index is 12.8. The molecule has 2 nitrogen and oxygen atoms in total. The van der Waals surface area contributed by atoms with Crippen LogP contribution in [0.15, 0.2) is 127 Å². The number of nitrogens with one attached hydrogen (secondary N) is 1. The number of benzene rings is 4. The van der Waals surface area contributed by atoms with Crippen LogP contribution in [0.3, 0.4) is 0 Å². The third-order valence-corrected chi connectivity index (χ3v) is 10.8. The minimum atomic E-state index is -2.63. The molecular weight excluding hydrogens is 430 g/mol. The zero-order valence-electron chi connectivity index (χ0n) is 17.7. The average molecular weight is 454 g/mol. The summed E-state index contributed by atoms with van der Waals surface area (Å²) in [5.74, 6) is -0.139. The highest BCUT2D eigenvalue weighted by Crippen LogP contribution is 2.16. The van der Waals surface area contributed by atoms with Crippen LogP contribution < -0.4 is 20.9 Å². The first-order valence-electron chi connectivity index (χ1n) is 10.5. The normalized spacial score (nSPS) is 11.0. The van der Waals surface area contributed by atoms with Gasteiger partial charge in [-0.15, -0.1) is 6.58 Å². The van der Waals surface area contributed by atoms with Crippen molar-refractivity contribution in [3.63, 3.8) is 0 Å². The molecule has 0 radical (unpaired) electrons. The van der Waals surface area contributed by atoms with Crippen LogP contribution in [0.25, 0.3) is 0 Å². The quantitative estimate of drug-likeness (QED) is 0.327. The minimum Gasteiger partial charge on any atom is -0.349 e. The minimum absolute atomic E-state index is 0.139. The van der Waals surface area contributed by atoms with Crippen molar-refractivity contribution in [1.82, 2.24) is 5.32 Å². The molecule has 0 fully saturated rings. The fraction of sp³-hybridized carbons (Fsp3) is 0.0357. The Morgan fingerprint density at radius 2 is 1.09 bits per heavy atom. The van der Waals surface area contributed by atoms with Gasteiger partial charge in [0.2, 0.25) is 0 Å². The smallest absolute Gasteiger partial charge is 0.251 e. The molecular formula is C28H24ClNOSi. The molecule has 32 heavy (non-hydrogen) atoms. The van der Waals surface area contributed by atoms with E-state index < -0.39 is 8.07 Å². The molecule has 4 aromatic rings. The number of carbonyl (C=O) groups excluding carboxylic acids is 1. The zero-order chi connectivity index (χ0) is 22.4. The molecule has 158 valence electrons. The Hall–Kier alpha value is -3.40. The van der Waals surface area contributed by atoms with E-state index in [0.717, 1.165) is 5.20 Å². The van der Waals surface area contributed by atoms with E-state index in [1.807, 2.05) is 18.2 Å². The second-order valence-electron chi connectivity index (χ2n) is 7.64. The monoisotopic (exact) mass is 453 g/mol. The fourth-order valence-electron chi connectivity index (χ4n) is 4.20. The van der Waals surface area contributed by atoms with Crippen LogP contribution in [-0.4, -0.2) is 20.5 Å². The Bertz CT molecular complexity index is 1100. The summed E-state index contributed by atoms with van der Waals surface area (Å²) in [5.41, 5.74) is 0.577. The van der Waals surface area contributed by atoms with Gasteiger partial charge in [0.15, 0.2) is 8.07 Å². The van der Waals surface area contributed by atoms with Crippen molar-refractivity contribution in [2.75, 3.05) is 6.54 Å². The van der Waals surface area contributed by atoms with Crippen molar-refractivity contribution in [1.29, 1.82) is 0 Å². The summed E-state index contributed by atoms with van der Waals surface area (Å²) in [6.45, 7) is 4.94. The molecule has 0 aromatic heterocycles. The molecule has 1 N–H and O–H groups in total. The molecule has 1 amide bonds. The van der Waals surface area contributed by atoms with E-state index in [1.54, 1.807) is 24.3 Å². The van der Waals surface area contributed by atoms with Gasteiger partial charge < -0.3 is 5.32 Å². The summed E-state index contributed by atoms with van der Waals surface area (Å²) >= 11 is 5.97. The molecule has 4 heteroatoms. The van der Waals surface area contributed by atoms with Crippen molar-refractivity contribution in [3.05, 3.63) is 138 Å². The zero-order valence-corrected chi connectivity index (χ0v) is 19.4. The van der Waals surface area contributed by atoms with Gasteiger partial charge in [-0.1, -0.05) is 108 Å². The Labute approximate surface area is 195 Å². The third kappa shape index (κ3) is 4.31. The number of halogens is 1. The van der Waals surface area contributed by atoms with E-state index in [0.29, 0.717) is 17.1 Å². The van der Waals surface area contributed by atoms with Gasteiger partial charge in [-0.3, -0.25) is 4.79 Å². The summed E-state index contributed by atoms with van der Waals surface area (Å²) < 4.78 is 0. The Morgan fingerprint density at radius 1 is 0.688 bits per heavy atom. The van der Waals surface area contributed by atoms with Crippen LogP contribution in [0.1, 0.15) is 10.4 Å². The Kier molecular flexibility index (Phi) is 6.69. The number of carbonyl (C=O) groups is 1. The van der Waals surface area contributed by atoms with Crippen molar-refractivity contribution < 1.29 is 4.79 Å². The van der Waals surface area contributed by atoms with E-state index >= 15 is 0 Å². The van der Waals surface area contributed by atoms with E-state index in [2.05, 4.69) is 84.7 Å². The summed E-state index contributed by atoms with van der Waals surface area (Å²) in [4.78, 5) is 12.8. The standard InChI is InChI=1S/C28H24ClNOSi/c1-22(21-30-28(31)23-17-19-24(29)20-18-23)32(25-11-5-2-6-12-25,26-13-7-3-8-14-26)27-15-9-4-10-16-27/h2-20H,1,21H2,(H,30,31). The average Bonchev–Trinajstić information content (AvgIpc) is 2.85. The van der Waals surface area contributed by atoms with Crippen LogP contribution in [0.4, 0.5) is 0 Å². The van der Waals surface area contributed by atoms with Gasteiger partial charge in [-0.05, 0) is 39.8 Å². The van der Waals surface area contributed by atoms with Gasteiger partial charge in [0.1, 0.15) is 0 Å². The van der Waals surface area contributed by atoms with Crippen LogP contribution in [-0.2, 0) is 0 Å². The number of rotatable bonds is 7. The number of hydrogen-bond acceptors (Lipinski definition) is 1. The van der Waals surface area contributed by atoms with Crippen molar-refractivity contribution in [2.45, 2.75) is 0 Å². The second kappa shape index (κ2) is 9.82. The lowest BCUT2D eigenvalue weighted by atomic mass is 10.2. The van der Waals surface area contributed by atoms with Crippen molar-refractivity contribution in [3.8, 4) is 0 Å². The molecule has 0 saturated heterocycles. The Morgan fingerprint density at radius 3 is 1.50 bits per heavy atom. The molecule has 0 aliphatic carbocycles. The first-order chi connectivity index (χ1) is 15.6. The molecule has 0 bridgehead atoms. The molecule has 0 spiro atoms. The van der Waals surface area contributed by atoms with Crippen molar-refractivity contribution >= 4 is 41.1 Å². The molecule has 4 aromatic carbocycles. The highest BCUT2D eigenvalue weighted by molar-refractivity contribution is 7.16. The lowest BCUT2D eigenvalue weighted by molar-refractivity contribution is 0.0957. The first-order valence-corrected chi connectivity index (χ1v) is 12.9. The third-order valence-electron chi connectivity index (χ3n) is 5.72. The summed E-state index contributed by atoms with van der Waals surface area (Å²) in [7, 11) is -2.63. The van der Waals surface area contributed by atoms with E-state index in [4.69, 9.17) is 11.6 Å². The SMILES string of the molecule is C=C(CNC(=O)c1ccc(Cl)cc1)[Si](c1ccccc1)(c1ccccc1)c1ccccc1. The van der Waals surface area contributed by atoms with Gasteiger partial charge in [0.25, 0.3) is 5.91 Å². The fourth-order valence-corrected chi connectivity index (χ4v) is 8.98. The Balaban J connectivity index is 1.77. The predicted octanol–water partition coefficient (Wildman–Crippen LogP) is 4.34. The number of hydrogen-bond donors (Lipinski definition) is 1. The van der Waals surface area contributed by atoms with Gasteiger partial charge in [-0.25, -0.2) is 0 Å². The van der Waals surface area contributed by atoms with Crippen LogP contribution in [0, 0.1) is 0 Å². The van der Waals surface area contributed by atoms with Gasteiger partial charge >= 0.3 is 0 Å². The first kappa shape index (κ1) is 21.8. The maximum Gasteiger partial charge on any atom is 0.251 e. The van der Waals surface area contributed by atoms with Gasteiger partial charge in [-0.2, -0.15) is 0 Å². The molecule has 0 unspecified atom stereocenters. The highest BCUT2D eigenvalue weighted by atomic mass is 35.5. The molecule has 0 saturated carbocycles. The highest BCUT2D eigenvalue weighted by Gasteiger charge is 2.41. The molecule has 0 heterocycles. The maximum absolute atomic E-state index is 12.8. The van der Waals surface area contributed by atoms with E-state index in [1.165, 1.54) is 15.6 Å². The summed E-state index contributed by atoms with van der Waals surface area (Å²) in [6, 6.07) is 38.5. The van der Waals surface area contributed by atoms with Crippen molar-refractivity contribution in [2.24, 2.45) is 0 Å². The lowest BCUT2D eigenvalue weighted by Gasteiger charge is -2.35. The van der Waals surface area contributed by atoms with Crippen LogP contribution in [0.5, 0.6) is 0 Å². The second-order valence-corrected chi connectivity index (χ2v) is 12.0. The predicted molar refractivity (Wildman–Crippen MR) is 137 cm³/mol. The summed E-state index contributed by atoms with van der Waals surface area (Å²) in [5, 5.41) is 8.43. The van der Waals surface area contributed by atoms with Crippen LogP contribution >= 0.6 is 11.6 Å². The lowest BCUT2D eigenvalue weighted by Crippen LogP contribution is -2.69. The molecule has 0 atom stereocenters. The van der Waals surface area contributed by atoms with Crippen LogP contribution in [0.2, 0.25) is 5.02 Å². The van der Waals surface area contributed by atoms with E-state index in [9.17, 15) is 4.79 Å². The number of amides is 1. The van der Waals surface area contributed by atoms with Gasteiger partial charge in [0.05, 0.1) is 0 Å². The molecule has 0 aliphatic rings. The van der Waals surface area contributed by atoms with E-state index in [-0.39, 0.29) is 5.91 Å². The molecule has 4 rings (SSSR count).